The molecule has 150 valence electrons. The molecule has 0 spiro atoms. The van der Waals surface area contributed by atoms with Crippen LogP contribution >= 0.6 is 0 Å². The summed E-state index contributed by atoms with van der Waals surface area (Å²) in [5.74, 6) is 0. The highest BCUT2D eigenvalue weighted by atomic mass is 15.1. The molecular formula is C28H29N2+. The van der Waals surface area contributed by atoms with Crippen molar-refractivity contribution in [1.29, 1.82) is 0 Å². The molecule has 2 nitrogen and oxygen atoms in total. The van der Waals surface area contributed by atoms with E-state index >= 15 is 0 Å². The molecule has 2 heteroatoms. The first kappa shape index (κ1) is 19.9. The molecule has 0 aliphatic carbocycles. The van der Waals surface area contributed by atoms with Crippen LogP contribution < -0.4 is 9.47 Å². The van der Waals surface area contributed by atoms with Crippen molar-refractivity contribution in [1.82, 2.24) is 0 Å². The van der Waals surface area contributed by atoms with E-state index in [0.717, 1.165) is 13.1 Å². The highest BCUT2D eigenvalue weighted by molar-refractivity contribution is 5.91. The van der Waals surface area contributed by atoms with Crippen LogP contribution in [0.5, 0.6) is 0 Å². The molecule has 0 aliphatic rings. The molecule has 0 atom stereocenters. The largest absolute Gasteiger partial charge is 0.372 e. The van der Waals surface area contributed by atoms with Crippen molar-refractivity contribution in [2.24, 2.45) is 7.05 Å². The van der Waals surface area contributed by atoms with Gasteiger partial charge in [-0.05, 0) is 61.4 Å². The van der Waals surface area contributed by atoms with Gasteiger partial charge < -0.3 is 4.90 Å². The number of fused-ring (bicyclic) bond motifs is 1. The fourth-order valence-electron chi connectivity index (χ4n) is 4.07. The van der Waals surface area contributed by atoms with Crippen LogP contribution in [0.2, 0.25) is 0 Å². The topological polar surface area (TPSA) is 7.12 Å². The Balaban J connectivity index is 1.69. The van der Waals surface area contributed by atoms with E-state index in [9.17, 15) is 0 Å². The van der Waals surface area contributed by atoms with Gasteiger partial charge in [-0.1, -0.05) is 48.5 Å². The zero-order chi connectivity index (χ0) is 20.9. The quantitative estimate of drug-likeness (QED) is 0.346. The Bertz CT molecular complexity index is 1150. The first-order valence-electron chi connectivity index (χ1n) is 10.7. The third kappa shape index (κ3) is 3.99. The summed E-state index contributed by atoms with van der Waals surface area (Å²) in [5, 5.41) is 1.25. The molecule has 0 saturated carbocycles. The van der Waals surface area contributed by atoms with E-state index in [1.54, 1.807) is 0 Å². The van der Waals surface area contributed by atoms with Crippen LogP contribution in [0.1, 0.15) is 25.1 Å². The Kier molecular flexibility index (Phi) is 5.94. The summed E-state index contributed by atoms with van der Waals surface area (Å²) in [5.41, 5.74) is 7.42. The highest BCUT2D eigenvalue weighted by Crippen LogP contribution is 2.26. The second-order valence-corrected chi connectivity index (χ2v) is 7.52. The average molecular weight is 394 g/mol. The molecular weight excluding hydrogens is 364 g/mol. The predicted octanol–water partition coefficient (Wildman–Crippen LogP) is 6.35. The third-order valence-electron chi connectivity index (χ3n) is 5.78. The number of aromatic nitrogens is 1. The van der Waals surface area contributed by atoms with E-state index in [4.69, 9.17) is 0 Å². The van der Waals surface area contributed by atoms with Gasteiger partial charge in [0.05, 0.1) is 5.56 Å². The lowest BCUT2D eigenvalue weighted by Crippen LogP contribution is -2.33. The summed E-state index contributed by atoms with van der Waals surface area (Å²) in [6.07, 6.45) is 4.39. The number of pyridine rings is 1. The number of hydrogen-bond acceptors (Lipinski definition) is 1. The third-order valence-corrected chi connectivity index (χ3v) is 5.78. The van der Waals surface area contributed by atoms with E-state index in [2.05, 4.69) is 127 Å². The second-order valence-electron chi connectivity index (χ2n) is 7.52. The van der Waals surface area contributed by atoms with E-state index in [-0.39, 0.29) is 0 Å². The van der Waals surface area contributed by atoms with Gasteiger partial charge in [0.25, 0.3) is 0 Å². The summed E-state index contributed by atoms with van der Waals surface area (Å²) in [4.78, 5) is 2.36. The molecule has 0 N–H and O–H groups in total. The number of rotatable bonds is 6. The maximum atomic E-state index is 2.36. The van der Waals surface area contributed by atoms with Crippen molar-refractivity contribution in [2.45, 2.75) is 13.8 Å². The molecule has 0 amide bonds. The van der Waals surface area contributed by atoms with Crippen molar-refractivity contribution in [3.05, 3.63) is 96.2 Å². The average Bonchev–Trinajstić information content (AvgIpc) is 2.80. The van der Waals surface area contributed by atoms with Gasteiger partial charge in [0.1, 0.15) is 7.05 Å². The van der Waals surface area contributed by atoms with Crippen LogP contribution in [0, 0.1) is 0 Å². The zero-order valence-corrected chi connectivity index (χ0v) is 18.0. The highest BCUT2D eigenvalue weighted by Gasteiger charge is 2.15. The summed E-state index contributed by atoms with van der Waals surface area (Å²) in [6, 6.07) is 30.3. The fourth-order valence-corrected chi connectivity index (χ4v) is 4.07. The Labute approximate surface area is 179 Å². The maximum Gasteiger partial charge on any atom is 0.220 e. The SMILES string of the molecule is CCN(CC)c1ccc(/C=C/c2ccc3cccc(-c4ccccc4)c3[n+]2C)cc1. The van der Waals surface area contributed by atoms with E-state index < -0.39 is 0 Å². The van der Waals surface area contributed by atoms with Crippen molar-refractivity contribution < 1.29 is 4.57 Å². The predicted molar refractivity (Wildman–Crippen MR) is 129 cm³/mol. The standard InChI is InChI=1S/C28H29N2/c1-4-30(5-2)26-19-15-22(16-20-26)14-18-25-21-17-24-12-9-13-27(28(24)29(25)3)23-10-7-6-8-11-23/h6-21H,4-5H2,1-3H3/q+1. The van der Waals surface area contributed by atoms with E-state index in [1.165, 1.54) is 39.0 Å². The lowest BCUT2D eigenvalue weighted by molar-refractivity contribution is -0.646. The molecule has 1 heterocycles. The van der Waals surface area contributed by atoms with Gasteiger partial charge in [-0.2, -0.15) is 4.57 Å². The summed E-state index contributed by atoms with van der Waals surface area (Å²) >= 11 is 0. The van der Waals surface area contributed by atoms with Gasteiger partial charge in [-0.15, -0.1) is 0 Å². The molecule has 4 rings (SSSR count). The van der Waals surface area contributed by atoms with Gasteiger partial charge >= 0.3 is 0 Å². The molecule has 0 fully saturated rings. The van der Waals surface area contributed by atoms with Gasteiger partial charge in [0.15, 0.2) is 0 Å². The number of nitrogens with zero attached hydrogens (tertiary/aromatic N) is 2. The Morgan fingerprint density at radius 3 is 2.17 bits per heavy atom. The molecule has 1 aromatic heterocycles. The lowest BCUT2D eigenvalue weighted by atomic mass is 10.0. The van der Waals surface area contributed by atoms with Crippen molar-refractivity contribution in [2.75, 3.05) is 18.0 Å². The Morgan fingerprint density at radius 1 is 0.733 bits per heavy atom. The Hall–Kier alpha value is -3.39. The van der Waals surface area contributed by atoms with Crippen LogP contribution in [-0.4, -0.2) is 13.1 Å². The fraction of sp³-hybridized carbons (Fsp3) is 0.179. The van der Waals surface area contributed by atoms with Crippen LogP contribution in [0.25, 0.3) is 34.2 Å². The van der Waals surface area contributed by atoms with Gasteiger partial charge in [-0.25, -0.2) is 0 Å². The van der Waals surface area contributed by atoms with E-state index in [1.807, 2.05) is 0 Å². The van der Waals surface area contributed by atoms with E-state index in [0.29, 0.717) is 0 Å². The minimum absolute atomic E-state index is 1.03. The van der Waals surface area contributed by atoms with Crippen LogP contribution in [-0.2, 0) is 7.05 Å². The smallest absolute Gasteiger partial charge is 0.220 e. The molecule has 0 saturated heterocycles. The summed E-state index contributed by atoms with van der Waals surface area (Å²) in [6.45, 7) is 6.45. The number of hydrogen-bond donors (Lipinski definition) is 0. The summed E-state index contributed by atoms with van der Waals surface area (Å²) in [7, 11) is 2.15. The van der Waals surface area contributed by atoms with Crippen molar-refractivity contribution in [3.63, 3.8) is 0 Å². The maximum absolute atomic E-state index is 2.36. The second kappa shape index (κ2) is 8.96. The molecule has 0 radical (unpaired) electrons. The number of anilines is 1. The molecule has 4 aromatic rings. The van der Waals surface area contributed by atoms with Gasteiger partial charge in [0, 0.05) is 36.3 Å². The molecule has 0 unspecified atom stereocenters. The van der Waals surface area contributed by atoms with Gasteiger partial charge in [-0.3, -0.25) is 0 Å². The molecule has 0 aliphatic heterocycles. The first-order valence-corrected chi connectivity index (χ1v) is 10.7. The normalized spacial score (nSPS) is 11.3. The summed E-state index contributed by atoms with van der Waals surface area (Å²) < 4.78 is 2.29. The molecule has 0 bridgehead atoms. The monoisotopic (exact) mass is 393 g/mol. The minimum atomic E-state index is 1.03. The van der Waals surface area contributed by atoms with Crippen LogP contribution in [0.15, 0.2) is 84.9 Å². The molecule has 3 aromatic carbocycles. The van der Waals surface area contributed by atoms with Crippen molar-refractivity contribution in [3.8, 4) is 11.1 Å². The zero-order valence-electron chi connectivity index (χ0n) is 18.0. The molecule has 30 heavy (non-hydrogen) atoms. The van der Waals surface area contributed by atoms with Crippen molar-refractivity contribution >= 4 is 28.7 Å². The lowest BCUT2D eigenvalue weighted by Gasteiger charge is -2.20. The first-order chi connectivity index (χ1) is 14.7. The minimum Gasteiger partial charge on any atom is -0.372 e. The number of aryl methyl sites for hydroxylation is 1. The van der Waals surface area contributed by atoms with Crippen LogP contribution in [0.3, 0.4) is 0 Å². The number of para-hydroxylation sites is 1. The van der Waals surface area contributed by atoms with Gasteiger partial charge in [0.2, 0.25) is 11.2 Å². The van der Waals surface area contributed by atoms with Crippen LogP contribution in [0.4, 0.5) is 5.69 Å². The Morgan fingerprint density at radius 2 is 1.47 bits per heavy atom. The number of benzene rings is 3.